The molecule has 0 aliphatic heterocycles. The molecule has 0 unspecified atom stereocenters. The molecular formula is C19H12Cl4O5S. The largest absolute Gasteiger partial charge is 0.508 e. The Labute approximate surface area is 186 Å². The fourth-order valence-electron chi connectivity index (χ4n) is 3.22. The summed E-state index contributed by atoms with van der Waals surface area (Å²) in [5, 5.41) is 19.6. The maximum Gasteiger partial charge on any atom is 0.283 e. The third-order valence-electron chi connectivity index (χ3n) is 4.36. The molecule has 0 aliphatic rings. The Kier molecular flexibility index (Phi) is 5.98. The second-order valence-electron chi connectivity index (χ2n) is 6.08. The zero-order valence-corrected chi connectivity index (χ0v) is 18.1. The minimum atomic E-state index is -5.17. The quantitative estimate of drug-likeness (QED) is 0.311. The van der Waals surface area contributed by atoms with Crippen LogP contribution < -0.4 is 0 Å². The van der Waals surface area contributed by atoms with Gasteiger partial charge in [-0.1, -0.05) is 52.5 Å². The van der Waals surface area contributed by atoms with Crippen molar-refractivity contribution in [3.05, 3.63) is 91.4 Å². The van der Waals surface area contributed by atoms with Crippen molar-refractivity contribution in [2.45, 2.75) is 4.75 Å². The summed E-state index contributed by atoms with van der Waals surface area (Å²) in [7, 11) is -5.17. The Balaban J connectivity index is 2.70. The highest BCUT2D eigenvalue weighted by atomic mass is 35.5. The van der Waals surface area contributed by atoms with Crippen molar-refractivity contribution in [1.82, 2.24) is 0 Å². The highest BCUT2D eigenvalue weighted by molar-refractivity contribution is 7.87. The van der Waals surface area contributed by atoms with Gasteiger partial charge in [-0.15, -0.1) is 0 Å². The van der Waals surface area contributed by atoms with Crippen LogP contribution in [-0.4, -0.2) is 23.2 Å². The van der Waals surface area contributed by atoms with Gasteiger partial charge < -0.3 is 10.2 Å². The molecule has 0 heterocycles. The van der Waals surface area contributed by atoms with Crippen LogP contribution in [0.15, 0.2) is 54.6 Å². The fraction of sp³-hybridized carbons (Fsp3) is 0.0526. The van der Waals surface area contributed by atoms with Crippen molar-refractivity contribution >= 4 is 56.5 Å². The van der Waals surface area contributed by atoms with Gasteiger partial charge in [0.2, 0.25) is 0 Å². The first-order chi connectivity index (χ1) is 13.5. The van der Waals surface area contributed by atoms with Crippen molar-refractivity contribution in [3.63, 3.8) is 0 Å². The second-order valence-corrected chi connectivity index (χ2v) is 9.27. The van der Waals surface area contributed by atoms with Gasteiger partial charge in [-0.3, -0.25) is 4.55 Å². The number of aromatic hydroxyl groups is 2. The minimum absolute atomic E-state index is 0.117. The van der Waals surface area contributed by atoms with Gasteiger partial charge in [0.1, 0.15) is 11.5 Å². The lowest BCUT2D eigenvalue weighted by atomic mass is 9.83. The highest BCUT2D eigenvalue weighted by Crippen LogP contribution is 2.53. The summed E-state index contributed by atoms with van der Waals surface area (Å²) in [6, 6.07) is 11.3. The second kappa shape index (κ2) is 7.87. The van der Waals surface area contributed by atoms with Crippen LogP contribution >= 0.6 is 46.4 Å². The topological polar surface area (TPSA) is 94.8 Å². The maximum atomic E-state index is 13.0. The van der Waals surface area contributed by atoms with Gasteiger partial charge in [0.15, 0.2) is 4.75 Å². The van der Waals surface area contributed by atoms with Crippen molar-refractivity contribution < 1.29 is 23.2 Å². The van der Waals surface area contributed by atoms with Crippen molar-refractivity contribution in [3.8, 4) is 11.5 Å². The molecule has 3 rings (SSSR count). The first kappa shape index (κ1) is 22.0. The monoisotopic (exact) mass is 492 g/mol. The lowest BCUT2D eigenvalue weighted by Crippen LogP contribution is -2.39. The van der Waals surface area contributed by atoms with Gasteiger partial charge >= 0.3 is 0 Å². The van der Waals surface area contributed by atoms with E-state index in [-0.39, 0.29) is 48.3 Å². The molecule has 3 N–H and O–H groups in total. The van der Waals surface area contributed by atoms with Crippen LogP contribution in [0.25, 0.3) is 0 Å². The van der Waals surface area contributed by atoms with Gasteiger partial charge in [0, 0.05) is 36.8 Å². The van der Waals surface area contributed by atoms with Crippen LogP contribution in [0.3, 0.4) is 0 Å². The van der Waals surface area contributed by atoms with Gasteiger partial charge in [-0.05, 0) is 48.5 Å². The van der Waals surface area contributed by atoms with E-state index in [2.05, 4.69) is 0 Å². The number of phenols is 2. The van der Waals surface area contributed by atoms with Crippen LogP contribution in [0, 0.1) is 0 Å². The van der Waals surface area contributed by atoms with Crippen LogP contribution in [-0.2, 0) is 14.9 Å². The highest BCUT2D eigenvalue weighted by Gasteiger charge is 2.53. The van der Waals surface area contributed by atoms with E-state index in [0.717, 1.165) is 12.1 Å². The molecule has 0 aliphatic carbocycles. The Hall–Kier alpha value is -1.67. The Morgan fingerprint density at radius 3 is 1.48 bits per heavy atom. The summed E-state index contributed by atoms with van der Waals surface area (Å²) in [6.07, 6.45) is 0. The van der Waals surface area contributed by atoms with Gasteiger partial charge in [0.05, 0.1) is 0 Å². The molecule has 3 aromatic carbocycles. The minimum Gasteiger partial charge on any atom is -0.508 e. The molecule has 0 atom stereocenters. The number of rotatable bonds is 4. The van der Waals surface area contributed by atoms with Gasteiger partial charge in [0.25, 0.3) is 10.1 Å². The summed E-state index contributed by atoms with van der Waals surface area (Å²) >= 11 is 25.3. The molecule has 0 saturated carbocycles. The SMILES string of the molecule is O=S(=O)(O)C(c1cc(O)ccc1Cl)(c1cc(O)ccc1Cl)c1c(Cl)cccc1Cl. The predicted octanol–water partition coefficient (Wildman–Crippen LogP) is 5.89. The molecule has 0 aromatic heterocycles. The molecule has 0 bridgehead atoms. The molecule has 152 valence electrons. The van der Waals surface area contributed by atoms with E-state index < -0.39 is 14.9 Å². The van der Waals surface area contributed by atoms with Crippen LogP contribution in [0.5, 0.6) is 11.5 Å². The maximum absolute atomic E-state index is 13.0. The average Bonchev–Trinajstić information content (AvgIpc) is 2.62. The number of hydrogen-bond acceptors (Lipinski definition) is 4. The van der Waals surface area contributed by atoms with Gasteiger partial charge in [-0.25, -0.2) is 0 Å². The Bertz CT molecular complexity index is 1140. The summed E-state index contributed by atoms with van der Waals surface area (Å²) in [5.74, 6) is -0.672. The van der Waals surface area contributed by atoms with Crippen molar-refractivity contribution in [2.75, 3.05) is 0 Å². The molecule has 10 heteroatoms. The van der Waals surface area contributed by atoms with E-state index in [1.165, 1.54) is 42.5 Å². The number of hydrogen-bond donors (Lipinski definition) is 3. The Morgan fingerprint density at radius 1 is 0.690 bits per heavy atom. The summed E-state index contributed by atoms with van der Waals surface area (Å²) in [4.78, 5) is 0. The van der Waals surface area contributed by atoms with E-state index in [4.69, 9.17) is 46.4 Å². The van der Waals surface area contributed by atoms with Crippen LogP contribution in [0.4, 0.5) is 0 Å². The predicted molar refractivity (Wildman–Crippen MR) is 114 cm³/mol. The van der Waals surface area contributed by atoms with E-state index in [9.17, 15) is 23.2 Å². The zero-order valence-electron chi connectivity index (χ0n) is 14.3. The molecular weight excluding hydrogens is 482 g/mol. The van der Waals surface area contributed by atoms with E-state index in [1.807, 2.05) is 0 Å². The van der Waals surface area contributed by atoms with Crippen LogP contribution in [0.2, 0.25) is 20.1 Å². The first-order valence-electron chi connectivity index (χ1n) is 7.89. The molecule has 0 fully saturated rings. The Morgan fingerprint density at radius 2 is 1.10 bits per heavy atom. The molecule has 5 nitrogen and oxygen atoms in total. The van der Waals surface area contributed by atoms with Gasteiger partial charge in [-0.2, -0.15) is 8.42 Å². The molecule has 0 radical (unpaired) electrons. The lowest BCUT2D eigenvalue weighted by molar-refractivity contribution is 0.455. The molecule has 29 heavy (non-hydrogen) atoms. The summed E-state index contributed by atoms with van der Waals surface area (Å²) in [5.41, 5.74) is -0.765. The molecule has 3 aromatic rings. The molecule has 0 spiro atoms. The summed E-state index contributed by atoms with van der Waals surface area (Å²) < 4.78 is 34.1. The smallest absolute Gasteiger partial charge is 0.283 e. The fourth-order valence-corrected chi connectivity index (χ4v) is 6.02. The molecule has 0 amide bonds. The van der Waals surface area contributed by atoms with Crippen LogP contribution in [0.1, 0.15) is 16.7 Å². The lowest BCUT2D eigenvalue weighted by Gasteiger charge is -2.35. The van der Waals surface area contributed by atoms with E-state index in [0.29, 0.717) is 0 Å². The van der Waals surface area contributed by atoms with Crippen molar-refractivity contribution in [1.29, 1.82) is 0 Å². The first-order valence-corrected chi connectivity index (χ1v) is 10.8. The normalized spacial score (nSPS) is 12.2. The third kappa shape index (κ3) is 3.65. The van der Waals surface area contributed by atoms with Crippen molar-refractivity contribution in [2.24, 2.45) is 0 Å². The summed E-state index contributed by atoms with van der Waals surface area (Å²) in [6.45, 7) is 0. The van der Waals surface area contributed by atoms with E-state index >= 15 is 0 Å². The number of phenolic OH excluding ortho intramolecular Hbond substituents is 2. The zero-order chi connectivity index (χ0) is 21.6. The third-order valence-corrected chi connectivity index (χ3v) is 7.07. The molecule has 0 saturated heterocycles. The standard InChI is InChI=1S/C19H12Cl4O5S/c20-14-6-4-10(24)8-12(14)19(29(26,27)28,13-9-11(25)5-7-15(13)21)18-16(22)2-1-3-17(18)23/h1-9,24-25H,(H,26,27,28). The van der Waals surface area contributed by atoms with E-state index in [1.54, 1.807) is 0 Å². The average molecular weight is 494 g/mol. The number of benzene rings is 3. The number of halogens is 4.